The third kappa shape index (κ3) is 2.55. The molecule has 0 spiro atoms. The first-order chi connectivity index (χ1) is 10.7. The Kier molecular flexibility index (Phi) is 4.26. The molecule has 3 rings (SSSR count). The fourth-order valence-corrected chi connectivity index (χ4v) is 4.46. The predicted octanol–water partition coefficient (Wildman–Crippen LogP) is 3.25. The van der Waals surface area contributed by atoms with Crippen molar-refractivity contribution in [3.63, 3.8) is 0 Å². The molecule has 1 atom stereocenters. The Labute approximate surface area is 137 Å². The number of aryl methyl sites for hydroxylation is 1. The van der Waals surface area contributed by atoms with Gasteiger partial charge in [-0.15, -0.1) is 23.1 Å². The molecular weight excluding hydrogens is 320 g/mol. The lowest BCUT2D eigenvalue weighted by Crippen LogP contribution is -2.27. The molecule has 22 heavy (non-hydrogen) atoms. The number of hydrogen-bond acceptors (Lipinski definition) is 6. The molecule has 1 aromatic carbocycles. The minimum Gasteiger partial charge on any atom is -0.493 e. The fourth-order valence-electron chi connectivity index (χ4n) is 2.42. The lowest BCUT2D eigenvalue weighted by molar-refractivity contribution is -0.115. The monoisotopic (exact) mass is 336 g/mol. The molecule has 1 aliphatic rings. The number of carbonyl (C=O) groups is 1. The normalized spacial score (nSPS) is 17.9. The minimum absolute atomic E-state index is 0.0641. The molecule has 0 radical (unpaired) electrons. The maximum absolute atomic E-state index is 12.3. The largest absolute Gasteiger partial charge is 0.493 e. The number of carbonyl (C=O) groups excluding carboxylic acids is 1. The van der Waals surface area contributed by atoms with Crippen LogP contribution in [0.4, 0.5) is 5.13 Å². The molecule has 0 N–H and O–H groups in total. The second-order valence-electron chi connectivity index (χ2n) is 4.76. The van der Waals surface area contributed by atoms with Crippen molar-refractivity contribution in [2.75, 3.05) is 24.9 Å². The number of anilines is 1. The van der Waals surface area contributed by atoms with Crippen molar-refractivity contribution < 1.29 is 14.3 Å². The summed E-state index contributed by atoms with van der Waals surface area (Å²) < 4.78 is 10.9. The zero-order valence-corrected chi connectivity index (χ0v) is 14.2. The first-order valence-corrected chi connectivity index (χ1v) is 8.59. The van der Waals surface area contributed by atoms with E-state index in [2.05, 4.69) is 4.98 Å². The highest BCUT2D eigenvalue weighted by molar-refractivity contribution is 8.00. The minimum atomic E-state index is -0.150. The van der Waals surface area contributed by atoms with Crippen LogP contribution in [0.2, 0.25) is 0 Å². The zero-order chi connectivity index (χ0) is 15.7. The number of nitrogens with zero attached hydrogens (tertiary/aromatic N) is 2. The lowest BCUT2D eigenvalue weighted by Gasteiger charge is -2.23. The number of benzene rings is 1. The molecule has 5 nitrogen and oxygen atoms in total. The van der Waals surface area contributed by atoms with Crippen LogP contribution in [0.15, 0.2) is 24.4 Å². The van der Waals surface area contributed by atoms with Gasteiger partial charge in [0.2, 0.25) is 5.91 Å². The summed E-state index contributed by atoms with van der Waals surface area (Å²) in [6.45, 7) is 1.98. The third-order valence-electron chi connectivity index (χ3n) is 3.38. The van der Waals surface area contributed by atoms with Crippen molar-refractivity contribution in [1.82, 2.24) is 4.98 Å². The molecule has 1 aliphatic heterocycles. The number of thioether (sulfide) groups is 1. The highest BCUT2D eigenvalue weighted by Gasteiger charge is 2.37. The van der Waals surface area contributed by atoms with Gasteiger partial charge < -0.3 is 9.47 Å². The van der Waals surface area contributed by atoms with Gasteiger partial charge in [-0.2, -0.15) is 0 Å². The second-order valence-corrected chi connectivity index (χ2v) is 7.05. The number of aromatic nitrogens is 1. The fraction of sp³-hybridized carbons (Fsp3) is 0.333. The molecule has 7 heteroatoms. The van der Waals surface area contributed by atoms with Gasteiger partial charge in [-0.1, -0.05) is 12.1 Å². The second kappa shape index (κ2) is 6.18. The maximum Gasteiger partial charge on any atom is 0.240 e. The van der Waals surface area contributed by atoms with Crippen molar-refractivity contribution in [2.24, 2.45) is 0 Å². The molecule has 116 valence electrons. The van der Waals surface area contributed by atoms with E-state index in [1.165, 1.54) is 11.3 Å². The average molecular weight is 336 g/mol. The first-order valence-electron chi connectivity index (χ1n) is 6.72. The molecule has 2 heterocycles. The molecule has 1 aromatic heterocycles. The van der Waals surface area contributed by atoms with E-state index in [0.29, 0.717) is 17.3 Å². The topological polar surface area (TPSA) is 51.7 Å². The molecule has 2 aromatic rings. The maximum atomic E-state index is 12.3. The number of ether oxygens (including phenoxy) is 2. The van der Waals surface area contributed by atoms with E-state index in [9.17, 15) is 4.79 Å². The van der Waals surface area contributed by atoms with Crippen LogP contribution in [-0.2, 0) is 4.79 Å². The van der Waals surface area contributed by atoms with Gasteiger partial charge >= 0.3 is 0 Å². The van der Waals surface area contributed by atoms with E-state index in [1.54, 1.807) is 37.1 Å². The van der Waals surface area contributed by atoms with Crippen LogP contribution in [-0.4, -0.2) is 30.9 Å². The van der Waals surface area contributed by atoms with Crippen LogP contribution in [0.5, 0.6) is 11.5 Å². The summed E-state index contributed by atoms with van der Waals surface area (Å²) in [5.41, 5.74) is 0.922. The molecule has 0 bridgehead atoms. The summed E-state index contributed by atoms with van der Waals surface area (Å²) in [5.74, 6) is 1.82. The Bertz CT molecular complexity index is 702. The molecule has 0 aliphatic carbocycles. The molecular formula is C15H16N2O3S2. The third-order valence-corrected chi connectivity index (χ3v) is 5.49. The van der Waals surface area contributed by atoms with E-state index in [-0.39, 0.29) is 11.3 Å². The Morgan fingerprint density at radius 2 is 2.14 bits per heavy atom. The predicted molar refractivity (Wildman–Crippen MR) is 89.1 cm³/mol. The van der Waals surface area contributed by atoms with Gasteiger partial charge in [0, 0.05) is 16.6 Å². The SMILES string of the molecule is COc1cccc([C@H]2SCC(=O)N2c2ncc(C)s2)c1OC. The number of amides is 1. The van der Waals surface area contributed by atoms with Crippen LogP contribution in [0.1, 0.15) is 15.8 Å². The summed E-state index contributed by atoms with van der Waals surface area (Å²) in [6, 6.07) is 5.72. The summed E-state index contributed by atoms with van der Waals surface area (Å²) >= 11 is 3.09. The van der Waals surface area contributed by atoms with E-state index in [4.69, 9.17) is 9.47 Å². The van der Waals surface area contributed by atoms with E-state index < -0.39 is 0 Å². The van der Waals surface area contributed by atoms with Crippen LogP contribution in [0, 0.1) is 6.92 Å². The summed E-state index contributed by atoms with van der Waals surface area (Å²) in [7, 11) is 3.22. The zero-order valence-electron chi connectivity index (χ0n) is 12.5. The van der Waals surface area contributed by atoms with Crippen molar-refractivity contribution in [2.45, 2.75) is 12.3 Å². The number of methoxy groups -OCH3 is 2. The highest BCUT2D eigenvalue weighted by Crippen LogP contribution is 2.47. The van der Waals surface area contributed by atoms with E-state index in [1.807, 2.05) is 25.1 Å². The van der Waals surface area contributed by atoms with Crippen LogP contribution in [0.3, 0.4) is 0 Å². The van der Waals surface area contributed by atoms with Gasteiger partial charge in [-0.3, -0.25) is 9.69 Å². The number of thiazole rings is 1. The van der Waals surface area contributed by atoms with Crippen molar-refractivity contribution >= 4 is 34.1 Å². The average Bonchev–Trinajstić information content (AvgIpc) is 3.11. The molecule has 1 fully saturated rings. The van der Waals surface area contributed by atoms with E-state index >= 15 is 0 Å². The van der Waals surface area contributed by atoms with Crippen molar-refractivity contribution in [3.05, 3.63) is 34.8 Å². The van der Waals surface area contributed by atoms with Gasteiger partial charge in [0.05, 0.1) is 20.0 Å². The van der Waals surface area contributed by atoms with Gasteiger partial charge in [-0.25, -0.2) is 4.98 Å². The number of para-hydroxylation sites is 1. The molecule has 1 amide bonds. The standard InChI is InChI=1S/C15H16N2O3S2/c1-9-7-16-15(22-9)17-12(18)8-21-14(17)10-5-4-6-11(19-2)13(10)20-3/h4-7,14H,8H2,1-3H3/t14-/m1/s1. The van der Waals surface area contributed by atoms with Gasteiger partial charge in [0.15, 0.2) is 16.6 Å². The summed E-state index contributed by atoms with van der Waals surface area (Å²) in [5, 5.41) is 0.575. The molecule has 0 saturated carbocycles. The lowest BCUT2D eigenvalue weighted by atomic mass is 10.1. The van der Waals surface area contributed by atoms with Gasteiger partial charge in [-0.05, 0) is 13.0 Å². The Balaban J connectivity index is 2.05. The number of hydrogen-bond donors (Lipinski definition) is 0. The Morgan fingerprint density at radius 1 is 1.32 bits per heavy atom. The quantitative estimate of drug-likeness (QED) is 0.858. The van der Waals surface area contributed by atoms with Gasteiger partial charge in [0.1, 0.15) is 5.37 Å². The van der Waals surface area contributed by atoms with Crippen LogP contribution < -0.4 is 14.4 Å². The smallest absolute Gasteiger partial charge is 0.240 e. The van der Waals surface area contributed by atoms with Crippen LogP contribution >= 0.6 is 23.1 Å². The molecule has 1 saturated heterocycles. The van der Waals surface area contributed by atoms with Gasteiger partial charge in [0.25, 0.3) is 0 Å². The highest BCUT2D eigenvalue weighted by atomic mass is 32.2. The van der Waals surface area contributed by atoms with Crippen LogP contribution in [0.25, 0.3) is 0 Å². The number of rotatable bonds is 4. The van der Waals surface area contributed by atoms with E-state index in [0.717, 1.165) is 15.6 Å². The van der Waals surface area contributed by atoms with Crippen molar-refractivity contribution in [1.29, 1.82) is 0 Å². The Hall–Kier alpha value is -1.73. The Morgan fingerprint density at radius 3 is 2.77 bits per heavy atom. The molecule has 0 unspecified atom stereocenters. The first kappa shape index (κ1) is 15.2. The summed E-state index contributed by atoms with van der Waals surface area (Å²) in [4.78, 5) is 19.5. The summed E-state index contributed by atoms with van der Waals surface area (Å²) in [6.07, 6.45) is 1.79. The van der Waals surface area contributed by atoms with Crippen molar-refractivity contribution in [3.8, 4) is 11.5 Å².